The van der Waals surface area contributed by atoms with Gasteiger partial charge in [-0.3, -0.25) is 15.0 Å². The Bertz CT molecular complexity index is 1640. The van der Waals surface area contributed by atoms with Crippen molar-refractivity contribution in [3.63, 3.8) is 0 Å². The van der Waals surface area contributed by atoms with Gasteiger partial charge < -0.3 is 30.5 Å². The van der Waals surface area contributed by atoms with Gasteiger partial charge in [-0.1, -0.05) is 53.7 Å². The van der Waals surface area contributed by atoms with Crippen LogP contribution in [0.3, 0.4) is 0 Å². The maximum Gasteiger partial charge on any atom is 0.490 e. The topological polar surface area (TPSA) is 190 Å². The van der Waals surface area contributed by atoms with Gasteiger partial charge in [0.1, 0.15) is 5.84 Å². The Morgan fingerprint density at radius 1 is 1.00 bits per heavy atom. The van der Waals surface area contributed by atoms with E-state index >= 15 is 0 Å². The number of carbonyl (C=O) groups is 4. The summed E-state index contributed by atoms with van der Waals surface area (Å²) in [5.41, 5.74) is 7.81. The van der Waals surface area contributed by atoms with E-state index in [1.54, 1.807) is 66.7 Å². The number of anilines is 1. The van der Waals surface area contributed by atoms with Gasteiger partial charge in [-0.15, -0.1) is 0 Å². The third kappa shape index (κ3) is 8.43. The number of aliphatic carboxylic acids is 1. The molecule has 0 saturated heterocycles. The molecule has 0 fully saturated rings. The lowest BCUT2D eigenvalue weighted by Crippen LogP contribution is -2.45. The number of alkyl halides is 3. The fourth-order valence-corrected chi connectivity index (χ4v) is 4.10. The lowest BCUT2D eigenvalue weighted by Gasteiger charge is -2.24. The summed E-state index contributed by atoms with van der Waals surface area (Å²) in [5, 5.41) is 21.7. The average Bonchev–Trinajstić information content (AvgIpc) is 3.46. The molecular formula is C30H27F3N4O8. The summed E-state index contributed by atoms with van der Waals surface area (Å²) in [4.78, 5) is 52.3. The second kappa shape index (κ2) is 14.2. The number of oxime groups is 1. The molecular weight excluding hydrogens is 601 g/mol. The predicted octanol–water partition coefficient (Wildman–Crippen LogP) is 4.12. The van der Waals surface area contributed by atoms with Gasteiger partial charge in [0.2, 0.25) is 5.60 Å². The molecule has 45 heavy (non-hydrogen) atoms. The van der Waals surface area contributed by atoms with Crippen LogP contribution in [-0.2, 0) is 28.7 Å². The SMILES string of the molecule is COC(=O)CC1(C(=O)Nc2ccc(-c3ccccc3C(=O)OC)cc2)CC(c2cccc(C(=N)N)c2)=NO1.O=C(O)C(F)(F)F. The number of ether oxygens (including phenoxy) is 2. The molecule has 1 atom stereocenters. The molecule has 15 heteroatoms. The molecule has 5 N–H and O–H groups in total. The summed E-state index contributed by atoms with van der Waals surface area (Å²) >= 11 is 0. The van der Waals surface area contributed by atoms with Crippen LogP contribution in [-0.4, -0.2) is 66.5 Å². The first-order valence-corrected chi connectivity index (χ1v) is 12.9. The summed E-state index contributed by atoms with van der Waals surface area (Å²) in [7, 11) is 2.55. The lowest BCUT2D eigenvalue weighted by molar-refractivity contribution is -0.192. The number of nitrogens with two attached hydrogens (primary N) is 1. The van der Waals surface area contributed by atoms with Gasteiger partial charge in [0.15, 0.2) is 0 Å². The molecule has 0 spiro atoms. The zero-order valence-electron chi connectivity index (χ0n) is 23.8. The summed E-state index contributed by atoms with van der Waals surface area (Å²) in [5.74, 6) is -4.53. The molecule has 0 saturated carbocycles. The Labute approximate surface area is 254 Å². The monoisotopic (exact) mass is 628 g/mol. The predicted molar refractivity (Wildman–Crippen MR) is 155 cm³/mol. The Kier molecular flexibility index (Phi) is 10.6. The van der Waals surface area contributed by atoms with Crippen LogP contribution in [0.15, 0.2) is 78.0 Å². The number of esters is 2. The van der Waals surface area contributed by atoms with Crippen molar-refractivity contribution in [3.05, 3.63) is 89.5 Å². The van der Waals surface area contributed by atoms with E-state index in [-0.39, 0.29) is 18.7 Å². The zero-order chi connectivity index (χ0) is 33.4. The minimum absolute atomic E-state index is 0.000119. The van der Waals surface area contributed by atoms with Gasteiger partial charge in [-0.2, -0.15) is 13.2 Å². The standard InChI is InChI=1S/C28H26N4O6.C2HF3O2/c1-36-24(33)16-28(15-23(32-38-28)18-6-5-7-19(14-18)25(29)30)27(35)31-20-12-10-17(11-13-20)21-8-3-4-9-22(21)26(34)37-2;3-2(4,5)1(6)7/h3-14H,15-16H2,1-2H3,(H3,29,30)(H,31,35);(H,6,7). The van der Waals surface area contributed by atoms with E-state index in [1.807, 2.05) is 6.07 Å². The molecule has 1 aliphatic rings. The van der Waals surface area contributed by atoms with Crippen molar-refractivity contribution in [2.24, 2.45) is 10.9 Å². The van der Waals surface area contributed by atoms with Crippen molar-refractivity contribution in [2.45, 2.75) is 24.6 Å². The van der Waals surface area contributed by atoms with Gasteiger partial charge in [-0.25, -0.2) is 9.59 Å². The Hall–Kier alpha value is -5.73. The number of carboxylic acids is 1. The van der Waals surface area contributed by atoms with Gasteiger partial charge in [-0.05, 0) is 35.4 Å². The highest BCUT2D eigenvalue weighted by atomic mass is 19.4. The minimum Gasteiger partial charge on any atom is -0.475 e. The van der Waals surface area contributed by atoms with Crippen LogP contribution in [0, 0.1) is 5.41 Å². The smallest absolute Gasteiger partial charge is 0.475 e. The summed E-state index contributed by atoms with van der Waals surface area (Å²) in [6.07, 6.45) is -5.45. The number of benzene rings is 3. The first-order chi connectivity index (χ1) is 21.2. The fourth-order valence-electron chi connectivity index (χ4n) is 4.10. The molecule has 12 nitrogen and oxygen atoms in total. The van der Waals surface area contributed by atoms with Crippen molar-refractivity contribution >= 4 is 41.0 Å². The fraction of sp³-hybridized carbons (Fsp3) is 0.200. The number of nitrogens with zero attached hydrogens (tertiary/aromatic N) is 1. The van der Waals surface area contributed by atoms with Gasteiger partial charge >= 0.3 is 24.1 Å². The van der Waals surface area contributed by atoms with Crippen LogP contribution in [0.25, 0.3) is 11.1 Å². The van der Waals surface area contributed by atoms with Crippen LogP contribution in [0.5, 0.6) is 0 Å². The Morgan fingerprint density at radius 3 is 2.22 bits per heavy atom. The molecule has 3 aromatic carbocycles. The first-order valence-electron chi connectivity index (χ1n) is 12.9. The first kappa shape index (κ1) is 33.8. The van der Waals surface area contributed by atoms with Crippen LogP contribution in [0.2, 0.25) is 0 Å². The number of rotatable bonds is 8. The third-order valence-corrected chi connectivity index (χ3v) is 6.39. The molecule has 4 rings (SSSR count). The van der Waals surface area contributed by atoms with Crippen LogP contribution in [0.1, 0.15) is 34.3 Å². The molecule has 0 bridgehead atoms. The van der Waals surface area contributed by atoms with Gasteiger partial charge in [0.05, 0.1) is 31.9 Å². The van der Waals surface area contributed by atoms with E-state index in [9.17, 15) is 27.6 Å². The maximum atomic E-state index is 13.4. The highest BCUT2D eigenvalue weighted by Gasteiger charge is 2.49. The van der Waals surface area contributed by atoms with E-state index < -0.39 is 35.6 Å². The molecule has 1 unspecified atom stereocenters. The maximum absolute atomic E-state index is 13.4. The molecule has 1 aliphatic heterocycles. The Morgan fingerprint density at radius 2 is 1.64 bits per heavy atom. The molecule has 3 aromatic rings. The quantitative estimate of drug-likeness (QED) is 0.161. The largest absolute Gasteiger partial charge is 0.490 e. The number of amides is 1. The molecule has 0 aromatic heterocycles. The number of nitrogens with one attached hydrogen (secondary N) is 2. The molecule has 0 radical (unpaired) electrons. The lowest BCUT2D eigenvalue weighted by atomic mass is 9.89. The van der Waals surface area contributed by atoms with Gasteiger partial charge in [0, 0.05) is 23.2 Å². The summed E-state index contributed by atoms with van der Waals surface area (Å²) in [6.45, 7) is 0. The van der Waals surface area contributed by atoms with E-state index in [1.165, 1.54) is 14.2 Å². The summed E-state index contributed by atoms with van der Waals surface area (Å²) in [6, 6.07) is 20.7. The number of carbonyl (C=O) groups excluding carboxylic acids is 3. The highest BCUT2D eigenvalue weighted by Crippen LogP contribution is 2.33. The number of hydrogen-bond acceptors (Lipinski definition) is 9. The van der Waals surface area contributed by atoms with Crippen LogP contribution in [0.4, 0.5) is 18.9 Å². The normalized spacial score (nSPS) is 15.4. The summed E-state index contributed by atoms with van der Waals surface area (Å²) < 4.78 is 41.4. The molecule has 236 valence electrons. The van der Waals surface area contributed by atoms with Crippen molar-refractivity contribution < 1.29 is 51.8 Å². The third-order valence-electron chi connectivity index (χ3n) is 6.39. The van der Waals surface area contributed by atoms with Crippen LogP contribution < -0.4 is 11.1 Å². The van der Waals surface area contributed by atoms with E-state index in [0.29, 0.717) is 33.7 Å². The molecule has 1 heterocycles. The number of amidine groups is 1. The van der Waals surface area contributed by atoms with Crippen molar-refractivity contribution in [1.82, 2.24) is 0 Å². The number of halogens is 3. The van der Waals surface area contributed by atoms with Crippen LogP contribution >= 0.6 is 0 Å². The van der Waals surface area contributed by atoms with E-state index in [0.717, 1.165) is 5.56 Å². The average molecular weight is 629 g/mol. The second-order valence-electron chi connectivity index (χ2n) is 9.42. The minimum atomic E-state index is -5.08. The number of hydrogen-bond donors (Lipinski definition) is 4. The van der Waals surface area contributed by atoms with Gasteiger partial charge in [0.25, 0.3) is 5.91 Å². The molecule has 0 aliphatic carbocycles. The van der Waals surface area contributed by atoms with Crippen molar-refractivity contribution in [3.8, 4) is 11.1 Å². The Balaban J connectivity index is 0.000000707. The number of nitrogen functional groups attached to an aromatic ring is 1. The van der Waals surface area contributed by atoms with E-state index in [4.69, 9.17) is 35.4 Å². The van der Waals surface area contributed by atoms with Crippen molar-refractivity contribution in [1.29, 1.82) is 5.41 Å². The zero-order valence-corrected chi connectivity index (χ0v) is 23.8. The molecule has 1 amide bonds. The highest BCUT2D eigenvalue weighted by molar-refractivity contribution is 6.10. The van der Waals surface area contributed by atoms with Crippen molar-refractivity contribution in [2.75, 3.05) is 19.5 Å². The van der Waals surface area contributed by atoms with E-state index in [2.05, 4.69) is 10.5 Å². The second-order valence-corrected chi connectivity index (χ2v) is 9.42. The number of carboxylic acid groups (broad SMARTS) is 1. The number of methoxy groups -OCH3 is 2.